The van der Waals surface area contributed by atoms with Crippen molar-refractivity contribution in [2.45, 2.75) is 13.5 Å². The van der Waals surface area contributed by atoms with Gasteiger partial charge in [-0.2, -0.15) is 0 Å². The molecule has 0 bridgehead atoms. The van der Waals surface area contributed by atoms with Crippen molar-refractivity contribution < 1.29 is 4.74 Å². The van der Waals surface area contributed by atoms with Gasteiger partial charge in [0.05, 0.1) is 13.2 Å². The summed E-state index contributed by atoms with van der Waals surface area (Å²) >= 11 is 11.8. The van der Waals surface area contributed by atoms with Gasteiger partial charge in [-0.3, -0.25) is 0 Å². The first kappa shape index (κ1) is 12.8. The first-order chi connectivity index (χ1) is 7.24. The van der Waals surface area contributed by atoms with Crippen LogP contribution in [0.3, 0.4) is 0 Å². The minimum absolute atomic E-state index is 0.505. The van der Waals surface area contributed by atoms with Gasteiger partial charge in [-0.05, 0) is 30.3 Å². The van der Waals surface area contributed by atoms with E-state index in [-0.39, 0.29) is 0 Å². The van der Waals surface area contributed by atoms with E-state index in [0.29, 0.717) is 23.3 Å². The Hall–Kier alpha value is -0.280. The molecule has 1 aromatic carbocycles. The predicted octanol–water partition coefficient (Wildman–Crippen LogP) is 3.12. The number of likely N-dealkylation sites (N-methyl/N-ethyl adjacent to an activating group) is 1. The van der Waals surface area contributed by atoms with E-state index in [1.54, 1.807) is 12.1 Å². The summed E-state index contributed by atoms with van der Waals surface area (Å²) in [6.45, 7) is 5.06. The average molecular weight is 248 g/mol. The third-order valence-electron chi connectivity index (χ3n) is 1.94. The Balaban J connectivity index is 2.33. The minimum Gasteiger partial charge on any atom is -0.375 e. The fourth-order valence-electron chi connectivity index (χ4n) is 1.16. The van der Waals surface area contributed by atoms with Gasteiger partial charge in [-0.15, -0.1) is 0 Å². The second-order valence-electron chi connectivity index (χ2n) is 3.14. The number of rotatable bonds is 6. The number of hydrogen-bond donors (Lipinski definition) is 1. The summed E-state index contributed by atoms with van der Waals surface area (Å²) in [5.74, 6) is 0. The van der Waals surface area contributed by atoms with Crippen LogP contribution in [0.4, 0.5) is 0 Å². The summed E-state index contributed by atoms with van der Waals surface area (Å²) in [6.07, 6.45) is 0. The van der Waals surface area contributed by atoms with Crippen LogP contribution < -0.4 is 5.32 Å². The van der Waals surface area contributed by atoms with Gasteiger partial charge in [0, 0.05) is 16.6 Å². The monoisotopic (exact) mass is 247 g/mol. The van der Waals surface area contributed by atoms with Crippen molar-refractivity contribution in [1.82, 2.24) is 5.32 Å². The standard InChI is InChI=1S/C11H15Cl2NO/c1-2-14-5-6-15-8-9-7-10(12)3-4-11(9)13/h3-4,7,14H,2,5-6,8H2,1H3. The molecule has 0 heterocycles. The molecule has 0 atom stereocenters. The van der Waals surface area contributed by atoms with Gasteiger partial charge in [-0.25, -0.2) is 0 Å². The number of benzene rings is 1. The zero-order chi connectivity index (χ0) is 11.1. The van der Waals surface area contributed by atoms with Gasteiger partial charge in [0.15, 0.2) is 0 Å². The highest BCUT2D eigenvalue weighted by molar-refractivity contribution is 6.33. The SMILES string of the molecule is CCNCCOCc1cc(Cl)ccc1Cl. The molecule has 84 valence electrons. The molecule has 0 aliphatic heterocycles. The van der Waals surface area contributed by atoms with Gasteiger partial charge >= 0.3 is 0 Å². The Morgan fingerprint density at radius 2 is 2.13 bits per heavy atom. The first-order valence-corrected chi connectivity index (χ1v) is 5.72. The lowest BCUT2D eigenvalue weighted by Gasteiger charge is -2.06. The lowest BCUT2D eigenvalue weighted by Crippen LogP contribution is -2.18. The lowest BCUT2D eigenvalue weighted by molar-refractivity contribution is 0.123. The quantitative estimate of drug-likeness (QED) is 0.781. The second kappa shape index (κ2) is 7.07. The van der Waals surface area contributed by atoms with Crippen molar-refractivity contribution in [2.24, 2.45) is 0 Å². The van der Waals surface area contributed by atoms with Crippen molar-refractivity contribution >= 4 is 23.2 Å². The zero-order valence-corrected chi connectivity index (χ0v) is 10.2. The zero-order valence-electron chi connectivity index (χ0n) is 8.72. The first-order valence-electron chi connectivity index (χ1n) is 4.96. The predicted molar refractivity (Wildman–Crippen MR) is 64.7 cm³/mol. The smallest absolute Gasteiger partial charge is 0.0732 e. The second-order valence-corrected chi connectivity index (χ2v) is 3.99. The largest absolute Gasteiger partial charge is 0.375 e. The van der Waals surface area contributed by atoms with Crippen LogP contribution in [-0.2, 0) is 11.3 Å². The summed E-state index contributed by atoms with van der Waals surface area (Å²) < 4.78 is 5.45. The maximum atomic E-state index is 5.98. The minimum atomic E-state index is 0.505. The Morgan fingerprint density at radius 1 is 1.33 bits per heavy atom. The van der Waals surface area contributed by atoms with Crippen molar-refractivity contribution in [3.05, 3.63) is 33.8 Å². The van der Waals surface area contributed by atoms with Crippen molar-refractivity contribution in [1.29, 1.82) is 0 Å². The van der Waals surface area contributed by atoms with Gasteiger partial charge in [0.25, 0.3) is 0 Å². The molecule has 1 N–H and O–H groups in total. The van der Waals surface area contributed by atoms with Crippen LogP contribution in [0, 0.1) is 0 Å². The van der Waals surface area contributed by atoms with Gasteiger partial charge in [-0.1, -0.05) is 30.1 Å². The Morgan fingerprint density at radius 3 is 2.87 bits per heavy atom. The maximum absolute atomic E-state index is 5.98. The maximum Gasteiger partial charge on any atom is 0.0732 e. The molecule has 2 nitrogen and oxygen atoms in total. The highest BCUT2D eigenvalue weighted by Crippen LogP contribution is 2.21. The normalized spacial score (nSPS) is 10.6. The van der Waals surface area contributed by atoms with Crippen LogP contribution in [0.1, 0.15) is 12.5 Å². The van der Waals surface area contributed by atoms with E-state index >= 15 is 0 Å². The number of nitrogens with one attached hydrogen (secondary N) is 1. The van der Waals surface area contributed by atoms with E-state index in [9.17, 15) is 0 Å². The summed E-state index contributed by atoms with van der Waals surface area (Å²) in [5, 5.41) is 4.56. The average Bonchev–Trinajstić information content (AvgIpc) is 2.23. The summed E-state index contributed by atoms with van der Waals surface area (Å²) in [6, 6.07) is 5.38. The van der Waals surface area contributed by atoms with E-state index in [2.05, 4.69) is 12.2 Å². The van der Waals surface area contributed by atoms with Crippen LogP contribution in [0.2, 0.25) is 10.0 Å². The molecule has 0 fully saturated rings. The fourth-order valence-corrected chi connectivity index (χ4v) is 1.52. The summed E-state index contributed by atoms with van der Waals surface area (Å²) in [4.78, 5) is 0. The third kappa shape index (κ3) is 4.85. The van der Waals surface area contributed by atoms with Gasteiger partial charge in [0.2, 0.25) is 0 Å². The van der Waals surface area contributed by atoms with Crippen LogP contribution in [-0.4, -0.2) is 19.7 Å². The third-order valence-corrected chi connectivity index (χ3v) is 2.54. The Bertz CT molecular complexity index is 305. The molecule has 0 aliphatic rings. The summed E-state index contributed by atoms with van der Waals surface area (Å²) in [5.41, 5.74) is 0.931. The van der Waals surface area contributed by atoms with Crippen LogP contribution in [0.15, 0.2) is 18.2 Å². The fraction of sp³-hybridized carbons (Fsp3) is 0.455. The molecule has 0 spiro atoms. The Kier molecular flexibility index (Phi) is 6.03. The van der Waals surface area contributed by atoms with Crippen LogP contribution >= 0.6 is 23.2 Å². The molecule has 0 unspecified atom stereocenters. The number of ether oxygens (including phenoxy) is 1. The molecule has 4 heteroatoms. The molecular formula is C11H15Cl2NO. The highest BCUT2D eigenvalue weighted by atomic mass is 35.5. The topological polar surface area (TPSA) is 21.3 Å². The lowest BCUT2D eigenvalue weighted by atomic mass is 10.2. The number of halogens is 2. The summed E-state index contributed by atoms with van der Waals surface area (Å²) in [7, 11) is 0. The highest BCUT2D eigenvalue weighted by Gasteiger charge is 2.01. The van der Waals surface area contributed by atoms with Gasteiger partial charge < -0.3 is 10.1 Å². The van der Waals surface area contributed by atoms with Crippen molar-refractivity contribution in [2.75, 3.05) is 19.7 Å². The molecule has 15 heavy (non-hydrogen) atoms. The van der Waals surface area contributed by atoms with Crippen LogP contribution in [0.25, 0.3) is 0 Å². The molecule has 0 aliphatic carbocycles. The van der Waals surface area contributed by atoms with E-state index in [4.69, 9.17) is 27.9 Å². The molecule has 1 aromatic rings. The van der Waals surface area contributed by atoms with E-state index in [1.165, 1.54) is 0 Å². The molecule has 0 saturated heterocycles. The van der Waals surface area contributed by atoms with E-state index in [0.717, 1.165) is 18.7 Å². The van der Waals surface area contributed by atoms with Crippen molar-refractivity contribution in [3.63, 3.8) is 0 Å². The molecule has 0 radical (unpaired) electrons. The molecule has 0 aromatic heterocycles. The number of hydrogen-bond acceptors (Lipinski definition) is 2. The van der Waals surface area contributed by atoms with Gasteiger partial charge in [0.1, 0.15) is 0 Å². The van der Waals surface area contributed by atoms with E-state index < -0.39 is 0 Å². The molecule has 0 saturated carbocycles. The molecule has 1 rings (SSSR count). The van der Waals surface area contributed by atoms with Crippen LogP contribution in [0.5, 0.6) is 0 Å². The molecular weight excluding hydrogens is 233 g/mol. The van der Waals surface area contributed by atoms with E-state index in [1.807, 2.05) is 6.07 Å². The molecule has 0 amide bonds. The van der Waals surface area contributed by atoms with Crippen molar-refractivity contribution in [3.8, 4) is 0 Å². The Labute approximate surface area is 101 Å².